The molecule has 0 spiro atoms. The summed E-state index contributed by atoms with van der Waals surface area (Å²) >= 11 is 0. The van der Waals surface area contributed by atoms with E-state index in [1.165, 1.54) is 30.0 Å². The van der Waals surface area contributed by atoms with Gasteiger partial charge in [0.1, 0.15) is 0 Å². The fourth-order valence-corrected chi connectivity index (χ4v) is 1.73. The van der Waals surface area contributed by atoms with Gasteiger partial charge in [-0.1, -0.05) is 6.92 Å². The van der Waals surface area contributed by atoms with Crippen molar-refractivity contribution >= 4 is 23.1 Å². The Balaban J connectivity index is 3.22. The zero-order valence-corrected chi connectivity index (χ0v) is 11.3. The van der Waals surface area contributed by atoms with Gasteiger partial charge in [-0.05, 0) is 6.07 Å². The highest BCUT2D eigenvalue weighted by molar-refractivity contribution is 5.98. The largest absolute Gasteiger partial charge is 0.392 e. The molecule has 1 amide bonds. The van der Waals surface area contributed by atoms with Gasteiger partial charge in [0.05, 0.1) is 23.8 Å². The highest BCUT2D eigenvalue weighted by Crippen LogP contribution is 2.26. The summed E-state index contributed by atoms with van der Waals surface area (Å²) in [5.74, 6) is -0.502. The Kier molecular flexibility index (Phi) is 5.33. The second kappa shape index (κ2) is 6.76. The first kappa shape index (κ1) is 15.8. The Labute approximate surface area is 116 Å². The molecule has 20 heavy (non-hydrogen) atoms. The van der Waals surface area contributed by atoms with Crippen molar-refractivity contribution in [1.29, 1.82) is 0 Å². The van der Waals surface area contributed by atoms with E-state index in [2.05, 4.69) is 0 Å². The number of nitrogens with zero attached hydrogens (tertiary/aromatic N) is 2. The number of aliphatic hydroxyl groups is 1. The molecule has 0 saturated carbocycles. The Morgan fingerprint density at radius 3 is 2.50 bits per heavy atom. The van der Waals surface area contributed by atoms with E-state index in [1.807, 2.05) is 0 Å². The Bertz CT molecular complexity index is 542. The number of carbonyl (C=O) groups excluding carboxylic acids is 2. The lowest BCUT2D eigenvalue weighted by Crippen LogP contribution is -2.34. The number of rotatable bonds is 6. The number of anilines is 1. The number of benzene rings is 1. The molecule has 0 radical (unpaired) electrons. The topological polar surface area (TPSA) is 101 Å². The summed E-state index contributed by atoms with van der Waals surface area (Å²) in [6.45, 7) is 2.41. The molecule has 0 bridgehead atoms. The summed E-state index contributed by atoms with van der Waals surface area (Å²) in [4.78, 5) is 34.5. The molecular formula is C13H16N2O5. The predicted molar refractivity (Wildman–Crippen MR) is 72.3 cm³/mol. The van der Waals surface area contributed by atoms with Crippen LogP contribution < -0.4 is 4.90 Å². The Morgan fingerprint density at radius 2 is 2.05 bits per heavy atom. The summed E-state index contributed by atoms with van der Waals surface area (Å²) in [6.07, 6.45) is 0.283. The highest BCUT2D eigenvalue weighted by Gasteiger charge is 2.20. The molecule has 0 unspecified atom stereocenters. The van der Waals surface area contributed by atoms with Crippen LogP contribution in [0.5, 0.6) is 0 Å². The van der Waals surface area contributed by atoms with E-state index in [0.717, 1.165) is 0 Å². The van der Waals surface area contributed by atoms with Gasteiger partial charge in [0.15, 0.2) is 5.78 Å². The van der Waals surface area contributed by atoms with Crippen LogP contribution in [0.3, 0.4) is 0 Å². The van der Waals surface area contributed by atoms with Crippen LogP contribution in [0.4, 0.5) is 11.4 Å². The number of aliphatic hydroxyl groups excluding tert-OH is 1. The van der Waals surface area contributed by atoms with Crippen LogP contribution >= 0.6 is 0 Å². The van der Waals surface area contributed by atoms with E-state index in [-0.39, 0.29) is 35.9 Å². The molecule has 0 fully saturated rings. The lowest BCUT2D eigenvalue weighted by atomic mass is 10.1. The van der Waals surface area contributed by atoms with Crippen LogP contribution in [0.1, 0.15) is 25.8 Å². The first-order valence-corrected chi connectivity index (χ1v) is 6.08. The zero-order chi connectivity index (χ0) is 15.3. The molecular weight excluding hydrogens is 264 g/mol. The summed E-state index contributed by atoms with van der Waals surface area (Å²) in [7, 11) is 0. The van der Waals surface area contributed by atoms with Gasteiger partial charge in [-0.2, -0.15) is 0 Å². The van der Waals surface area contributed by atoms with Gasteiger partial charge in [-0.3, -0.25) is 19.7 Å². The fourth-order valence-electron chi connectivity index (χ4n) is 1.73. The van der Waals surface area contributed by atoms with E-state index >= 15 is 0 Å². The zero-order valence-electron chi connectivity index (χ0n) is 11.3. The molecule has 1 aromatic carbocycles. The van der Waals surface area contributed by atoms with Gasteiger partial charge < -0.3 is 10.0 Å². The third-order valence-corrected chi connectivity index (χ3v) is 2.84. The fraction of sp³-hybridized carbons (Fsp3) is 0.385. The van der Waals surface area contributed by atoms with Gasteiger partial charge in [0.25, 0.3) is 5.69 Å². The second-order valence-electron chi connectivity index (χ2n) is 4.23. The van der Waals surface area contributed by atoms with Crippen LogP contribution in [-0.2, 0) is 16.2 Å². The van der Waals surface area contributed by atoms with Crippen molar-refractivity contribution in [2.45, 2.75) is 26.9 Å². The number of ketones is 1. The summed E-state index contributed by atoms with van der Waals surface area (Å²) in [6, 6.07) is 3.80. The summed E-state index contributed by atoms with van der Waals surface area (Å²) in [5.41, 5.74) is 0.369. The smallest absolute Gasteiger partial charge is 0.269 e. The van der Waals surface area contributed by atoms with Crippen molar-refractivity contribution in [3.05, 3.63) is 33.9 Å². The van der Waals surface area contributed by atoms with Crippen molar-refractivity contribution in [3.63, 3.8) is 0 Å². The number of nitro benzene ring substituents is 1. The molecule has 0 aliphatic carbocycles. The van der Waals surface area contributed by atoms with Crippen molar-refractivity contribution in [1.82, 2.24) is 0 Å². The number of nitro groups is 1. The van der Waals surface area contributed by atoms with Gasteiger partial charge in [-0.15, -0.1) is 0 Å². The maximum absolute atomic E-state index is 11.6. The monoisotopic (exact) mass is 280 g/mol. The number of hydrogen-bond donors (Lipinski definition) is 1. The lowest BCUT2D eigenvalue weighted by molar-refractivity contribution is -0.384. The van der Waals surface area contributed by atoms with Gasteiger partial charge in [0, 0.05) is 31.0 Å². The van der Waals surface area contributed by atoms with Crippen molar-refractivity contribution in [2.24, 2.45) is 0 Å². The van der Waals surface area contributed by atoms with Crippen molar-refractivity contribution in [3.8, 4) is 0 Å². The van der Waals surface area contributed by atoms with E-state index in [0.29, 0.717) is 5.69 Å². The Hall–Kier alpha value is -2.28. The molecule has 0 aliphatic heterocycles. The minimum Gasteiger partial charge on any atom is -0.392 e. The summed E-state index contributed by atoms with van der Waals surface area (Å²) in [5, 5.41) is 20.0. The number of amides is 1. The van der Waals surface area contributed by atoms with Crippen LogP contribution in [0, 0.1) is 10.1 Å². The van der Waals surface area contributed by atoms with Crippen LogP contribution in [0.25, 0.3) is 0 Å². The highest BCUT2D eigenvalue weighted by atomic mass is 16.6. The quantitative estimate of drug-likeness (QED) is 0.627. The van der Waals surface area contributed by atoms with Crippen molar-refractivity contribution < 1.29 is 19.6 Å². The number of non-ortho nitro benzene ring substituents is 1. The average molecular weight is 280 g/mol. The third-order valence-electron chi connectivity index (χ3n) is 2.84. The molecule has 0 atom stereocenters. The minimum atomic E-state index is -0.585. The molecule has 1 N–H and O–H groups in total. The van der Waals surface area contributed by atoms with E-state index in [4.69, 9.17) is 0 Å². The van der Waals surface area contributed by atoms with Crippen molar-refractivity contribution in [2.75, 3.05) is 11.4 Å². The molecule has 108 valence electrons. The van der Waals surface area contributed by atoms with Crippen LogP contribution in [0.2, 0.25) is 0 Å². The average Bonchev–Trinajstić information content (AvgIpc) is 2.43. The van der Waals surface area contributed by atoms with E-state index < -0.39 is 11.5 Å². The van der Waals surface area contributed by atoms with E-state index in [9.17, 15) is 24.8 Å². The second-order valence-corrected chi connectivity index (χ2v) is 4.23. The van der Waals surface area contributed by atoms with Crippen LogP contribution in [-0.4, -0.2) is 28.3 Å². The molecule has 7 heteroatoms. The number of Topliss-reactive ketones (excluding diaryl/α,β-unsaturated/α-hetero) is 1. The lowest BCUT2D eigenvalue weighted by Gasteiger charge is -2.22. The maximum Gasteiger partial charge on any atom is 0.269 e. The molecule has 0 aromatic heterocycles. The predicted octanol–water partition coefficient (Wildman–Crippen LogP) is 1.42. The Morgan fingerprint density at radius 1 is 1.40 bits per heavy atom. The van der Waals surface area contributed by atoms with Gasteiger partial charge >= 0.3 is 0 Å². The molecule has 0 heterocycles. The SMILES string of the molecule is CCC(=O)CN(C(C)=O)c1ccc([N+](=O)[O-])cc1CO. The van der Waals surface area contributed by atoms with Gasteiger partial charge in [-0.25, -0.2) is 0 Å². The molecule has 1 rings (SSSR count). The maximum atomic E-state index is 11.6. The molecule has 1 aromatic rings. The normalized spacial score (nSPS) is 10.2. The number of carbonyl (C=O) groups is 2. The number of hydrogen-bond acceptors (Lipinski definition) is 5. The van der Waals surface area contributed by atoms with Crippen LogP contribution in [0.15, 0.2) is 18.2 Å². The standard InChI is InChI=1S/C13H16N2O5/c1-3-12(18)7-14(9(2)17)13-5-4-11(15(19)20)6-10(13)8-16/h4-6,16H,3,7-8H2,1-2H3. The minimum absolute atomic E-state index is 0.114. The first-order valence-electron chi connectivity index (χ1n) is 6.08. The third kappa shape index (κ3) is 3.61. The van der Waals surface area contributed by atoms with Gasteiger partial charge in [0.2, 0.25) is 5.91 Å². The van der Waals surface area contributed by atoms with E-state index in [1.54, 1.807) is 6.92 Å². The summed E-state index contributed by atoms with van der Waals surface area (Å²) < 4.78 is 0. The molecule has 7 nitrogen and oxygen atoms in total. The molecule has 0 saturated heterocycles. The molecule has 0 aliphatic rings. The first-order chi connectivity index (χ1) is 9.40.